The first-order valence-corrected chi connectivity index (χ1v) is 11.3. The van der Waals surface area contributed by atoms with Gasteiger partial charge in [-0.1, -0.05) is 13.8 Å². The summed E-state index contributed by atoms with van der Waals surface area (Å²) in [6.45, 7) is 3.30. The molecule has 0 aliphatic carbocycles. The van der Waals surface area contributed by atoms with Crippen molar-refractivity contribution in [3.8, 4) is 0 Å². The second-order valence-corrected chi connectivity index (χ2v) is 9.24. The van der Waals surface area contributed by atoms with Crippen LogP contribution in [0.2, 0.25) is 0 Å². The lowest BCUT2D eigenvalue weighted by Crippen LogP contribution is -2.56. The minimum atomic E-state index is -4.17. The first kappa shape index (κ1) is 23.5. The summed E-state index contributed by atoms with van der Waals surface area (Å²) in [4.78, 5) is 37.4. The maximum Gasteiger partial charge on any atom is 0.289 e. The van der Waals surface area contributed by atoms with Crippen LogP contribution in [0.4, 0.5) is 4.39 Å². The fraction of sp³-hybridized carbons (Fsp3) is 0.421. The Labute approximate surface area is 183 Å². The van der Waals surface area contributed by atoms with Crippen LogP contribution >= 0.6 is 0 Å². The van der Waals surface area contributed by atoms with E-state index in [2.05, 4.69) is 25.6 Å². The molecular formula is C19H22FN5O6S. The van der Waals surface area contributed by atoms with Gasteiger partial charge in [0.15, 0.2) is 0 Å². The number of nitrogens with zero attached hydrogens (tertiary/aromatic N) is 2. The van der Waals surface area contributed by atoms with Crippen molar-refractivity contribution in [3.63, 3.8) is 0 Å². The molecule has 13 heteroatoms. The van der Waals surface area contributed by atoms with Gasteiger partial charge in [0.2, 0.25) is 33.5 Å². The number of ketones is 1. The maximum atomic E-state index is 13.1. The molecule has 0 radical (unpaired) electrons. The normalized spacial score (nSPS) is 18.2. The Morgan fingerprint density at radius 2 is 1.84 bits per heavy atom. The highest BCUT2D eigenvalue weighted by Crippen LogP contribution is 2.14. The summed E-state index contributed by atoms with van der Waals surface area (Å²) < 4.78 is 46.1. The van der Waals surface area contributed by atoms with E-state index in [9.17, 15) is 27.2 Å². The molecule has 32 heavy (non-hydrogen) atoms. The SMILES string of the molecule is CC(C)C(NS(=O)(=O)c1ccc(F)cc1)C(=O)NC1Cc2nnc(o2)CCNC(=O)C1=O. The van der Waals surface area contributed by atoms with Gasteiger partial charge in [-0.2, -0.15) is 4.72 Å². The van der Waals surface area contributed by atoms with Gasteiger partial charge in [-0.15, -0.1) is 10.2 Å². The van der Waals surface area contributed by atoms with Crippen molar-refractivity contribution in [2.75, 3.05) is 6.54 Å². The number of benzene rings is 1. The molecule has 172 valence electrons. The van der Waals surface area contributed by atoms with Crippen LogP contribution in [-0.4, -0.2) is 54.8 Å². The van der Waals surface area contributed by atoms with Gasteiger partial charge < -0.3 is 15.1 Å². The Balaban J connectivity index is 1.81. The highest BCUT2D eigenvalue weighted by molar-refractivity contribution is 7.89. The molecule has 2 atom stereocenters. The van der Waals surface area contributed by atoms with Crippen LogP contribution in [0, 0.1) is 11.7 Å². The van der Waals surface area contributed by atoms with E-state index in [0.717, 1.165) is 24.3 Å². The van der Waals surface area contributed by atoms with Gasteiger partial charge in [0.25, 0.3) is 5.91 Å². The molecule has 2 aromatic rings. The molecule has 0 fully saturated rings. The van der Waals surface area contributed by atoms with Gasteiger partial charge in [-0.25, -0.2) is 12.8 Å². The monoisotopic (exact) mass is 467 g/mol. The van der Waals surface area contributed by atoms with E-state index in [4.69, 9.17) is 4.42 Å². The fourth-order valence-electron chi connectivity index (χ4n) is 2.99. The maximum absolute atomic E-state index is 13.1. The lowest BCUT2D eigenvalue weighted by atomic mass is 10.0. The minimum Gasteiger partial charge on any atom is -0.425 e. The highest BCUT2D eigenvalue weighted by atomic mass is 32.2. The van der Waals surface area contributed by atoms with Crippen LogP contribution < -0.4 is 15.4 Å². The largest absolute Gasteiger partial charge is 0.425 e. The fourth-order valence-corrected chi connectivity index (χ4v) is 4.33. The van der Waals surface area contributed by atoms with E-state index >= 15 is 0 Å². The number of aromatic nitrogens is 2. The Morgan fingerprint density at radius 1 is 1.19 bits per heavy atom. The second kappa shape index (κ2) is 9.53. The van der Waals surface area contributed by atoms with E-state index in [-0.39, 0.29) is 36.1 Å². The van der Waals surface area contributed by atoms with E-state index < -0.39 is 51.4 Å². The summed E-state index contributed by atoms with van der Waals surface area (Å²) in [6.07, 6.45) is 0.0180. The van der Waals surface area contributed by atoms with Gasteiger partial charge >= 0.3 is 0 Å². The molecule has 1 aliphatic heterocycles. The van der Waals surface area contributed by atoms with Crippen molar-refractivity contribution in [3.05, 3.63) is 41.9 Å². The van der Waals surface area contributed by atoms with Crippen LogP contribution in [0.25, 0.3) is 0 Å². The van der Waals surface area contributed by atoms with E-state index in [0.29, 0.717) is 0 Å². The number of hydrogen-bond donors (Lipinski definition) is 3. The molecule has 3 N–H and O–H groups in total. The van der Waals surface area contributed by atoms with Crippen molar-refractivity contribution in [2.24, 2.45) is 5.92 Å². The lowest BCUT2D eigenvalue weighted by molar-refractivity contribution is -0.140. The van der Waals surface area contributed by atoms with Crippen LogP contribution in [0.1, 0.15) is 25.6 Å². The zero-order valence-corrected chi connectivity index (χ0v) is 18.1. The summed E-state index contributed by atoms with van der Waals surface area (Å²) in [7, 11) is -4.17. The van der Waals surface area contributed by atoms with Gasteiger partial charge in [0.1, 0.15) is 17.9 Å². The molecule has 0 spiro atoms. The van der Waals surface area contributed by atoms with Gasteiger partial charge in [-0.05, 0) is 30.2 Å². The molecule has 1 aromatic heterocycles. The Kier molecular flexibility index (Phi) is 6.99. The minimum absolute atomic E-state index is 0.0568. The zero-order chi connectivity index (χ0) is 23.5. The van der Waals surface area contributed by atoms with Crippen molar-refractivity contribution in [1.82, 2.24) is 25.6 Å². The number of rotatable bonds is 6. The number of carbonyl (C=O) groups excluding carboxylic acids is 3. The number of halogens is 1. The Hall–Kier alpha value is -3.19. The number of hydrogen-bond acceptors (Lipinski definition) is 8. The van der Waals surface area contributed by atoms with Crippen molar-refractivity contribution < 1.29 is 31.6 Å². The molecule has 2 amide bonds. The zero-order valence-electron chi connectivity index (χ0n) is 17.3. The average Bonchev–Trinajstić information content (AvgIpc) is 3.17. The van der Waals surface area contributed by atoms with Crippen LogP contribution in [0.3, 0.4) is 0 Å². The lowest BCUT2D eigenvalue weighted by Gasteiger charge is -2.24. The molecule has 2 heterocycles. The summed E-state index contributed by atoms with van der Waals surface area (Å²) in [5.74, 6) is -3.46. The standard InChI is InChI=1S/C19H22FN5O6S/c1-10(2)16(25-32(29,30)12-5-3-11(20)4-6-12)18(27)22-13-9-15-24-23-14(31-15)7-8-21-19(28)17(13)26/h3-6,10,13,16,25H,7-9H2,1-2H3,(H,21,28)(H,22,27). The topological polar surface area (TPSA) is 160 Å². The summed E-state index contributed by atoms with van der Waals surface area (Å²) in [5.41, 5.74) is 0. The molecule has 2 unspecified atom stereocenters. The number of amides is 2. The van der Waals surface area contributed by atoms with Crippen LogP contribution in [-0.2, 0) is 37.2 Å². The third-order valence-electron chi connectivity index (χ3n) is 4.72. The van der Waals surface area contributed by atoms with Crippen molar-refractivity contribution in [2.45, 2.75) is 43.7 Å². The van der Waals surface area contributed by atoms with E-state index in [1.165, 1.54) is 0 Å². The van der Waals surface area contributed by atoms with E-state index in [1.807, 2.05) is 0 Å². The molecule has 1 aromatic carbocycles. The van der Waals surface area contributed by atoms with Crippen molar-refractivity contribution >= 4 is 27.6 Å². The predicted molar refractivity (Wildman–Crippen MR) is 107 cm³/mol. The smallest absolute Gasteiger partial charge is 0.289 e. The summed E-state index contributed by atoms with van der Waals surface area (Å²) >= 11 is 0. The third-order valence-corrected chi connectivity index (χ3v) is 6.18. The molecule has 0 saturated carbocycles. The molecule has 3 rings (SSSR count). The number of nitrogens with one attached hydrogen (secondary N) is 3. The average molecular weight is 467 g/mol. The number of Topliss-reactive ketones (excluding diaryl/α,β-unsaturated/α-hetero) is 1. The second-order valence-electron chi connectivity index (χ2n) is 7.52. The molecule has 1 aliphatic rings. The third kappa shape index (κ3) is 5.53. The summed E-state index contributed by atoms with van der Waals surface area (Å²) in [6, 6.07) is 1.47. The number of carbonyl (C=O) groups is 3. The quantitative estimate of drug-likeness (QED) is 0.479. The van der Waals surface area contributed by atoms with E-state index in [1.54, 1.807) is 13.8 Å². The Bertz CT molecular complexity index is 1120. The molecule has 11 nitrogen and oxygen atoms in total. The molecular weight excluding hydrogens is 445 g/mol. The Morgan fingerprint density at radius 3 is 2.50 bits per heavy atom. The molecule has 2 bridgehead atoms. The number of sulfonamides is 1. The first-order chi connectivity index (χ1) is 15.1. The van der Waals surface area contributed by atoms with Gasteiger partial charge in [0, 0.05) is 13.0 Å². The van der Waals surface area contributed by atoms with Crippen molar-refractivity contribution in [1.29, 1.82) is 0 Å². The highest BCUT2D eigenvalue weighted by Gasteiger charge is 2.34. The number of fused-ring (bicyclic) bond motifs is 2. The van der Waals surface area contributed by atoms with Crippen LogP contribution in [0.15, 0.2) is 33.6 Å². The van der Waals surface area contributed by atoms with Gasteiger partial charge in [-0.3, -0.25) is 14.4 Å². The predicted octanol–water partition coefficient (Wildman–Crippen LogP) is -0.519. The first-order valence-electron chi connectivity index (χ1n) is 9.78. The van der Waals surface area contributed by atoms with Gasteiger partial charge in [0.05, 0.1) is 11.3 Å². The molecule has 0 saturated heterocycles. The summed E-state index contributed by atoms with van der Waals surface area (Å²) in [5, 5.41) is 12.4. The van der Waals surface area contributed by atoms with Crippen LogP contribution in [0.5, 0.6) is 0 Å².